The Bertz CT molecular complexity index is 438. The molecule has 1 atom stereocenters. The van der Waals surface area contributed by atoms with Crippen LogP contribution in [0.25, 0.3) is 0 Å². The highest BCUT2D eigenvalue weighted by atomic mass is 19.2. The number of halogens is 5. The van der Waals surface area contributed by atoms with Gasteiger partial charge in [0.2, 0.25) is 5.82 Å². The molecule has 0 aliphatic heterocycles. The van der Waals surface area contributed by atoms with E-state index in [1.807, 2.05) is 0 Å². The molecule has 0 aliphatic rings. The molecule has 6 heteroatoms. The predicted molar refractivity (Wildman–Crippen MR) is 50.6 cm³/mol. The first-order chi connectivity index (χ1) is 7.74. The third kappa shape index (κ3) is 2.17. The summed E-state index contributed by atoms with van der Waals surface area (Å²) in [7, 11) is 0. The van der Waals surface area contributed by atoms with Crippen LogP contribution in [0.5, 0.6) is 0 Å². The normalized spacial score (nSPS) is 14.5. The molecule has 0 bridgehead atoms. The maximum atomic E-state index is 13.3. The van der Waals surface area contributed by atoms with E-state index in [9.17, 15) is 27.1 Å². The Labute approximate surface area is 94.2 Å². The van der Waals surface area contributed by atoms with Crippen molar-refractivity contribution >= 4 is 0 Å². The van der Waals surface area contributed by atoms with Gasteiger partial charge in [-0.25, -0.2) is 22.0 Å². The fraction of sp³-hybridized carbons (Fsp3) is 0.273. The highest BCUT2D eigenvalue weighted by Gasteiger charge is 2.35. The summed E-state index contributed by atoms with van der Waals surface area (Å²) >= 11 is 0. The standard InChI is InChI=1S/C11H9F5O/c1-3-4-11(2,17)5-6(12)8(14)10(16)9(15)7(5)13/h3,17H,1,4H2,2H3/t11-/m0/s1. The molecule has 0 aliphatic carbocycles. The Morgan fingerprint density at radius 1 is 1.00 bits per heavy atom. The summed E-state index contributed by atoms with van der Waals surface area (Å²) in [5, 5.41) is 9.68. The van der Waals surface area contributed by atoms with E-state index in [-0.39, 0.29) is 6.42 Å². The molecular weight excluding hydrogens is 243 g/mol. The molecule has 0 spiro atoms. The van der Waals surface area contributed by atoms with Crippen LogP contribution < -0.4 is 0 Å². The van der Waals surface area contributed by atoms with E-state index in [1.54, 1.807) is 0 Å². The molecule has 1 rings (SSSR count). The highest BCUT2D eigenvalue weighted by molar-refractivity contribution is 5.29. The Morgan fingerprint density at radius 3 is 1.71 bits per heavy atom. The molecule has 0 heterocycles. The maximum absolute atomic E-state index is 13.3. The van der Waals surface area contributed by atoms with Gasteiger partial charge in [0.1, 0.15) is 0 Å². The lowest BCUT2D eigenvalue weighted by molar-refractivity contribution is 0.0503. The Morgan fingerprint density at radius 2 is 1.35 bits per heavy atom. The zero-order chi connectivity index (χ0) is 13.4. The first-order valence-corrected chi connectivity index (χ1v) is 4.59. The third-order valence-electron chi connectivity index (χ3n) is 2.29. The van der Waals surface area contributed by atoms with Crippen molar-refractivity contribution in [1.29, 1.82) is 0 Å². The summed E-state index contributed by atoms with van der Waals surface area (Å²) in [5.74, 6) is -10.5. The van der Waals surface area contributed by atoms with Crippen LogP contribution >= 0.6 is 0 Å². The SMILES string of the molecule is C=CC[C@](C)(O)c1c(F)c(F)c(F)c(F)c1F. The average Bonchev–Trinajstić information content (AvgIpc) is 2.23. The van der Waals surface area contributed by atoms with Crippen LogP contribution in [0, 0.1) is 29.1 Å². The number of rotatable bonds is 3. The van der Waals surface area contributed by atoms with Crippen LogP contribution in [0.2, 0.25) is 0 Å². The van der Waals surface area contributed by atoms with Gasteiger partial charge in [0.15, 0.2) is 23.3 Å². The Hall–Kier alpha value is -1.43. The molecule has 0 radical (unpaired) electrons. The van der Waals surface area contributed by atoms with E-state index in [2.05, 4.69) is 6.58 Å². The van der Waals surface area contributed by atoms with Crippen molar-refractivity contribution < 1.29 is 27.1 Å². The number of hydrogen-bond donors (Lipinski definition) is 1. The summed E-state index contributed by atoms with van der Waals surface area (Å²) < 4.78 is 65.1. The van der Waals surface area contributed by atoms with Gasteiger partial charge >= 0.3 is 0 Å². The fourth-order valence-corrected chi connectivity index (χ4v) is 1.46. The van der Waals surface area contributed by atoms with Crippen molar-refractivity contribution in [2.24, 2.45) is 0 Å². The quantitative estimate of drug-likeness (QED) is 0.379. The lowest BCUT2D eigenvalue weighted by Gasteiger charge is -2.23. The monoisotopic (exact) mass is 252 g/mol. The lowest BCUT2D eigenvalue weighted by Crippen LogP contribution is -2.26. The molecule has 0 saturated carbocycles. The van der Waals surface area contributed by atoms with Gasteiger partial charge in [0, 0.05) is 0 Å². The summed E-state index contributed by atoms with van der Waals surface area (Å²) in [6, 6.07) is 0. The summed E-state index contributed by atoms with van der Waals surface area (Å²) in [6.45, 7) is 4.16. The van der Waals surface area contributed by atoms with E-state index in [1.165, 1.54) is 0 Å². The largest absolute Gasteiger partial charge is 0.385 e. The van der Waals surface area contributed by atoms with E-state index < -0.39 is 40.3 Å². The number of hydrogen-bond acceptors (Lipinski definition) is 1. The van der Waals surface area contributed by atoms with E-state index in [0.29, 0.717) is 0 Å². The topological polar surface area (TPSA) is 20.2 Å². The molecule has 1 N–H and O–H groups in total. The minimum absolute atomic E-state index is 0.356. The predicted octanol–water partition coefficient (Wildman–Crippen LogP) is 3.17. The minimum atomic E-state index is -2.25. The van der Waals surface area contributed by atoms with Crippen LogP contribution in [-0.4, -0.2) is 5.11 Å². The molecule has 1 nitrogen and oxygen atoms in total. The minimum Gasteiger partial charge on any atom is -0.385 e. The molecular formula is C11H9F5O. The highest BCUT2D eigenvalue weighted by Crippen LogP contribution is 2.33. The van der Waals surface area contributed by atoms with E-state index in [4.69, 9.17) is 0 Å². The molecule has 0 amide bonds. The van der Waals surface area contributed by atoms with Gasteiger partial charge in [-0.2, -0.15) is 0 Å². The maximum Gasteiger partial charge on any atom is 0.200 e. The first kappa shape index (κ1) is 13.6. The van der Waals surface area contributed by atoms with Crippen molar-refractivity contribution in [1.82, 2.24) is 0 Å². The van der Waals surface area contributed by atoms with Gasteiger partial charge in [0.25, 0.3) is 0 Å². The van der Waals surface area contributed by atoms with Crippen molar-refractivity contribution in [2.75, 3.05) is 0 Å². The molecule has 0 aromatic heterocycles. The zero-order valence-electron chi connectivity index (χ0n) is 8.83. The third-order valence-corrected chi connectivity index (χ3v) is 2.29. The van der Waals surface area contributed by atoms with Gasteiger partial charge in [-0.05, 0) is 13.3 Å². The van der Waals surface area contributed by atoms with Crippen molar-refractivity contribution in [2.45, 2.75) is 18.9 Å². The summed E-state index contributed by atoms with van der Waals surface area (Å²) in [5.41, 5.74) is -3.47. The lowest BCUT2D eigenvalue weighted by atomic mass is 9.91. The smallest absolute Gasteiger partial charge is 0.200 e. The molecule has 0 fully saturated rings. The van der Waals surface area contributed by atoms with Crippen molar-refractivity contribution in [3.8, 4) is 0 Å². The number of aliphatic hydroxyl groups is 1. The van der Waals surface area contributed by atoms with Gasteiger partial charge in [-0.3, -0.25) is 0 Å². The van der Waals surface area contributed by atoms with Gasteiger partial charge in [-0.15, -0.1) is 6.58 Å². The van der Waals surface area contributed by atoms with Gasteiger partial charge in [0.05, 0.1) is 11.2 Å². The molecule has 0 saturated heterocycles. The zero-order valence-corrected chi connectivity index (χ0v) is 8.83. The molecule has 1 aromatic rings. The summed E-state index contributed by atoms with van der Waals surface area (Å²) in [4.78, 5) is 0. The van der Waals surface area contributed by atoms with Gasteiger partial charge < -0.3 is 5.11 Å². The molecule has 1 aromatic carbocycles. The Kier molecular flexibility index (Phi) is 3.56. The van der Waals surface area contributed by atoms with Crippen molar-refractivity contribution in [3.05, 3.63) is 47.3 Å². The second-order valence-corrected chi connectivity index (χ2v) is 3.71. The molecule has 17 heavy (non-hydrogen) atoms. The molecule has 94 valence electrons. The van der Waals surface area contributed by atoms with Crippen LogP contribution in [0.15, 0.2) is 12.7 Å². The first-order valence-electron chi connectivity index (χ1n) is 4.59. The second kappa shape index (κ2) is 4.44. The van der Waals surface area contributed by atoms with Crippen molar-refractivity contribution in [3.63, 3.8) is 0 Å². The number of benzene rings is 1. The van der Waals surface area contributed by atoms with Crippen LogP contribution in [0.1, 0.15) is 18.9 Å². The van der Waals surface area contributed by atoms with Crippen LogP contribution in [0.3, 0.4) is 0 Å². The average molecular weight is 252 g/mol. The summed E-state index contributed by atoms with van der Waals surface area (Å²) in [6.07, 6.45) is 0.753. The molecule has 0 unspecified atom stereocenters. The van der Waals surface area contributed by atoms with E-state index >= 15 is 0 Å². The second-order valence-electron chi connectivity index (χ2n) is 3.71. The van der Waals surface area contributed by atoms with Gasteiger partial charge in [-0.1, -0.05) is 6.08 Å². The van der Waals surface area contributed by atoms with Crippen LogP contribution in [-0.2, 0) is 5.60 Å². The fourth-order valence-electron chi connectivity index (χ4n) is 1.46. The van der Waals surface area contributed by atoms with Crippen LogP contribution in [0.4, 0.5) is 22.0 Å². The Balaban J connectivity index is 3.60. The van der Waals surface area contributed by atoms with E-state index in [0.717, 1.165) is 13.0 Å².